The van der Waals surface area contributed by atoms with Crippen molar-refractivity contribution in [3.63, 3.8) is 0 Å². The zero-order chi connectivity index (χ0) is 19.9. The normalized spacial score (nSPS) is 11.2. The molecule has 0 saturated carbocycles. The third-order valence-corrected chi connectivity index (χ3v) is 4.90. The molecule has 0 bridgehead atoms. The first-order valence-corrected chi connectivity index (χ1v) is 9.75. The van der Waals surface area contributed by atoms with Crippen LogP contribution in [0, 0.1) is 0 Å². The number of hydrogen-bond donors (Lipinski definition) is 2. The van der Waals surface area contributed by atoms with Crippen LogP contribution in [0.5, 0.6) is 5.75 Å². The van der Waals surface area contributed by atoms with Crippen LogP contribution in [0.3, 0.4) is 0 Å². The van der Waals surface area contributed by atoms with Gasteiger partial charge in [-0.25, -0.2) is 9.98 Å². The number of nitrogens with one attached hydrogen (secondary N) is 2. The minimum Gasteiger partial charge on any atom is -0.497 e. The molecule has 0 fully saturated rings. The predicted molar refractivity (Wildman–Crippen MR) is 131 cm³/mol. The Balaban J connectivity index is 0.00000300. The fourth-order valence-electron chi connectivity index (χ4n) is 3.00. The molecule has 156 valence electrons. The van der Waals surface area contributed by atoms with E-state index in [0.717, 1.165) is 53.6 Å². The number of fused-ring (bicyclic) bond motifs is 1. The number of aliphatic imine (C=N–C) groups is 1. The molecule has 0 aliphatic carbocycles. The van der Waals surface area contributed by atoms with Gasteiger partial charge in [0.1, 0.15) is 18.1 Å². The van der Waals surface area contributed by atoms with Crippen LogP contribution in [0.15, 0.2) is 47.5 Å². The number of rotatable bonds is 7. The SMILES string of the molecule is CCNC(=NCc1nc2ccccc2n1C)NCCc1ccc(OC)cc1Cl.I. The van der Waals surface area contributed by atoms with Crippen molar-refractivity contribution >= 4 is 52.6 Å². The van der Waals surface area contributed by atoms with Gasteiger partial charge in [0.2, 0.25) is 0 Å². The summed E-state index contributed by atoms with van der Waals surface area (Å²) in [5, 5.41) is 7.35. The molecule has 0 unspecified atom stereocenters. The Kier molecular flexibility index (Phi) is 9.03. The average molecular weight is 528 g/mol. The minimum absolute atomic E-state index is 0. The van der Waals surface area contributed by atoms with E-state index in [9.17, 15) is 0 Å². The maximum absolute atomic E-state index is 6.32. The van der Waals surface area contributed by atoms with Gasteiger partial charge in [0.05, 0.1) is 18.1 Å². The Morgan fingerprint density at radius 3 is 2.69 bits per heavy atom. The van der Waals surface area contributed by atoms with Crippen LogP contribution in [0.2, 0.25) is 5.02 Å². The zero-order valence-electron chi connectivity index (χ0n) is 16.9. The summed E-state index contributed by atoms with van der Waals surface area (Å²) < 4.78 is 7.28. The van der Waals surface area contributed by atoms with Gasteiger partial charge in [0, 0.05) is 25.2 Å². The molecule has 0 amide bonds. The molecule has 0 saturated heterocycles. The number of nitrogens with zero attached hydrogens (tertiary/aromatic N) is 3. The first-order chi connectivity index (χ1) is 13.6. The van der Waals surface area contributed by atoms with E-state index in [1.807, 2.05) is 50.4 Å². The van der Waals surface area contributed by atoms with Gasteiger partial charge < -0.3 is 19.9 Å². The largest absolute Gasteiger partial charge is 0.497 e. The standard InChI is InChI=1S/C21H26ClN5O.HI/c1-4-23-21(24-12-11-15-9-10-16(28-3)13-17(15)22)25-14-20-26-18-7-5-6-8-19(18)27(20)2;/h5-10,13H,4,11-12,14H2,1-3H3,(H2,23,24,25);1H. The van der Waals surface area contributed by atoms with Crippen LogP contribution in [0.1, 0.15) is 18.3 Å². The number of guanidine groups is 1. The lowest BCUT2D eigenvalue weighted by Crippen LogP contribution is -2.38. The molecule has 3 aromatic rings. The summed E-state index contributed by atoms with van der Waals surface area (Å²) in [7, 11) is 3.66. The lowest BCUT2D eigenvalue weighted by Gasteiger charge is -2.12. The van der Waals surface area contributed by atoms with E-state index in [1.54, 1.807) is 7.11 Å². The topological polar surface area (TPSA) is 63.5 Å². The number of halogens is 2. The van der Waals surface area contributed by atoms with Crippen LogP contribution in [0.4, 0.5) is 0 Å². The average Bonchev–Trinajstić information content (AvgIpc) is 3.03. The van der Waals surface area contributed by atoms with Gasteiger partial charge in [-0.05, 0) is 43.2 Å². The zero-order valence-corrected chi connectivity index (χ0v) is 20.0. The number of benzene rings is 2. The highest BCUT2D eigenvalue weighted by Gasteiger charge is 2.07. The van der Waals surface area contributed by atoms with Gasteiger partial charge in [-0.3, -0.25) is 0 Å². The minimum atomic E-state index is 0. The fourth-order valence-corrected chi connectivity index (χ4v) is 3.27. The Labute approximate surface area is 193 Å². The van der Waals surface area contributed by atoms with Crippen LogP contribution < -0.4 is 15.4 Å². The van der Waals surface area contributed by atoms with Crippen molar-refractivity contribution in [1.29, 1.82) is 0 Å². The van der Waals surface area contributed by atoms with Crippen LogP contribution in [0.25, 0.3) is 11.0 Å². The molecular formula is C21H27ClIN5O. The van der Waals surface area contributed by atoms with Gasteiger partial charge in [-0.15, -0.1) is 24.0 Å². The van der Waals surface area contributed by atoms with Crippen LogP contribution >= 0.6 is 35.6 Å². The summed E-state index contributed by atoms with van der Waals surface area (Å²) in [6.45, 7) is 4.06. The molecule has 8 heteroatoms. The molecule has 2 N–H and O–H groups in total. The Morgan fingerprint density at radius 2 is 2.00 bits per heavy atom. The monoisotopic (exact) mass is 527 g/mol. The third kappa shape index (κ3) is 5.99. The molecule has 0 spiro atoms. The summed E-state index contributed by atoms with van der Waals surface area (Å²) in [5.41, 5.74) is 3.17. The first kappa shape index (κ1) is 23.3. The van der Waals surface area contributed by atoms with E-state index < -0.39 is 0 Å². The van der Waals surface area contributed by atoms with E-state index in [-0.39, 0.29) is 24.0 Å². The fraction of sp³-hybridized carbons (Fsp3) is 0.333. The van der Waals surface area contributed by atoms with Crippen molar-refractivity contribution in [2.24, 2.45) is 12.0 Å². The quantitative estimate of drug-likeness (QED) is 0.275. The van der Waals surface area contributed by atoms with Gasteiger partial charge in [-0.1, -0.05) is 29.8 Å². The molecule has 1 heterocycles. The third-order valence-electron chi connectivity index (χ3n) is 4.55. The highest BCUT2D eigenvalue weighted by Crippen LogP contribution is 2.22. The summed E-state index contributed by atoms with van der Waals surface area (Å²) in [6.07, 6.45) is 0.791. The molecule has 29 heavy (non-hydrogen) atoms. The highest BCUT2D eigenvalue weighted by atomic mass is 127. The summed E-state index contributed by atoms with van der Waals surface area (Å²) in [4.78, 5) is 9.35. The molecular weight excluding hydrogens is 501 g/mol. The van der Waals surface area contributed by atoms with E-state index in [4.69, 9.17) is 16.3 Å². The van der Waals surface area contributed by atoms with Crippen LogP contribution in [-0.4, -0.2) is 35.7 Å². The maximum atomic E-state index is 6.32. The molecule has 3 rings (SSSR count). The lowest BCUT2D eigenvalue weighted by molar-refractivity contribution is 0.414. The number of aryl methyl sites for hydroxylation is 1. The molecule has 0 aliphatic rings. The molecule has 0 radical (unpaired) electrons. The van der Waals surface area contributed by atoms with E-state index in [1.165, 1.54) is 0 Å². The summed E-state index contributed by atoms with van der Waals surface area (Å²) >= 11 is 6.32. The van der Waals surface area contributed by atoms with Gasteiger partial charge in [-0.2, -0.15) is 0 Å². The smallest absolute Gasteiger partial charge is 0.191 e. The number of hydrogen-bond acceptors (Lipinski definition) is 3. The Bertz CT molecular complexity index is 973. The van der Waals surface area contributed by atoms with Crippen molar-refractivity contribution in [1.82, 2.24) is 20.2 Å². The number of ether oxygens (including phenoxy) is 1. The van der Waals surface area contributed by atoms with E-state index in [2.05, 4.69) is 31.2 Å². The maximum Gasteiger partial charge on any atom is 0.191 e. The highest BCUT2D eigenvalue weighted by molar-refractivity contribution is 14.0. The number of imidazole rings is 1. The van der Waals surface area contributed by atoms with Crippen molar-refractivity contribution < 1.29 is 4.74 Å². The molecule has 0 aliphatic heterocycles. The second-order valence-corrected chi connectivity index (χ2v) is 6.81. The summed E-state index contributed by atoms with van der Waals surface area (Å²) in [5.74, 6) is 2.45. The number of aromatic nitrogens is 2. The van der Waals surface area contributed by atoms with Crippen LogP contribution in [-0.2, 0) is 20.0 Å². The van der Waals surface area contributed by atoms with Gasteiger partial charge in [0.25, 0.3) is 0 Å². The van der Waals surface area contributed by atoms with Crippen molar-refractivity contribution in [2.45, 2.75) is 19.9 Å². The summed E-state index contributed by atoms with van der Waals surface area (Å²) in [6, 6.07) is 13.9. The van der Waals surface area contributed by atoms with Crippen molar-refractivity contribution in [3.8, 4) is 5.75 Å². The van der Waals surface area contributed by atoms with Gasteiger partial charge in [0.15, 0.2) is 5.96 Å². The molecule has 1 aromatic heterocycles. The molecule has 2 aromatic carbocycles. The number of para-hydroxylation sites is 2. The van der Waals surface area contributed by atoms with E-state index >= 15 is 0 Å². The number of methoxy groups -OCH3 is 1. The van der Waals surface area contributed by atoms with E-state index in [0.29, 0.717) is 11.6 Å². The van der Waals surface area contributed by atoms with Gasteiger partial charge >= 0.3 is 0 Å². The predicted octanol–water partition coefficient (Wildman–Crippen LogP) is 4.15. The Morgan fingerprint density at radius 1 is 1.21 bits per heavy atom. The lowest BCUT2D eigenvalue weighted by atomic mass is 10.1. The van der Waals surface area contributed by atoms with Crippen molar-refractivity contribution in [3.05, 3.63) is 58.9 Å². The van der Waals surface area contributed by atoms with Crippen molar-refractivity contribution in [2.75, 3.05) is 20.2 Å². The molecule has 0 atom stereocenters. The second-order valence-electron chi connectivity index (χ2n) is 6.41. The first-order valence-electron chi connectivity index (χ1n) is 9.37. The molecule has 6 nitrogen and oxygen atoms in total. The second kappa shape index (κ2) is 11.3. The Hall–Kier alpha value is -2.00.